The third kappa shape index (κ3) is 2.86. The lowest BCUT2D eigenvalue weighted by Crippen LogP contribution is -2.25. The summed E-state index contributed by atoms with van der Waals surface area (Å²) in [5, 5.41) is 0. The predicted octanol–water partition coefficient (Wildman–Crippen LogP) is 4.08. The van der Waals surface area contributed by atoms with Crippen LogP contribution in [0.1, 0.15) is 30.9 Å². The third-order valence-electron chi connectivity index (χ3n) is 3.88. The monoisotopic (exact) mass is 261 g/mol. The maximum atomic E-state index is 3.22. The van der Waals surface area contributed by atoms with Gasteiger partial charge >= 0.3 is 0 Å². The largest absolute Gasteiger partial charge is 0.369 e. The van der Waals surface area contributed by atoms with E-state index in [1.807, 2.05) is 30.3 Å². The molecule has 1 aliphatic rings. The normalized spacial score (nSPS) is 17.6. The van der Waals surface area contributed by atoms with Crippen LogP contribution in [0.2, 0.25) is 0 Å². The Kier molecular flexibility index (Phi) is 3.74. The Bertz CT molecular complexity index is 616. The first-order valence-corrected chi connectivity index (χ1v) is 7.27. The van der Waals surface area contributed by atoms with Gasteiger partial charge in [0.1, 0.15) is 0 Å². The van der Waals surface area contributed by atoms with Crippen molar-refractivity contribution in [2.75, 3.05) is 11.4 Å². The summed E-state index contributed by atoms with van der Waals surface area (Å²) in [6.07, 6.45) is 2.60. The quantitative estimate of drug-likeness (QED) is 0.699. The lowest BCUT2D eigenvalue weighted by molar-refractivity contribution is 0.735. The van der Waals surface area contributed by atoms with E-state index in [-0.39, 0.29) is 0 Å². The van der Waals surface area contributed by atoms with Gasteiger partial charge in [-0.05, 0) is 56.2 Å². The highest BCUT2D eigenvalue weighted by molar-refractivity contribution is 5.53. The van der Waals surface area contributed by atoms with Crippen molar-refractivity contribution < 1.29 is 0 Å². The first-order valence-electron chi connectivity index (χ1n) is 7.27. The minimum Gasteiger partial charge on any atom is -0.369 e. The van der Waals surface area contributed by atoms with Gasteiger partial charge in [0.15, 0.2) is 0 Å². The van der Waals surface area contributed by atoms with Crippen molar-refractivity contribution in [3.8, 4) is 11.8 Å². The Hall–Kier alpha value is -2.20. The van der Waals surface area contributed by atoms with Gasteiger partial charge in [-0.1, -0.05) is 30.0 Å². The van der Waals surface area contributed by atoms with Crippen molar-refractivity contribution in [2.24, 2.45) is 0 Å². The molecule has 1 fully saturated rings. The number of nitrogens with zero attached hydrogens (tertiary/aromatic N) is 1. The Morgan fingerprint density at radius 3 is 2.15 bits per heavy atom. The Labute approximate surface area is 121 Å². The van der Waals surface area contributed by atoms with Crippen LogP contribution in [-0.4, -0.2) is 12.6 Å². The van der Waals surface area contributed by atoms with Gasteiger partial charge in [-0.2, -0.15) is 0 Å². The van der Waals surface area contributed by atoms with Crippen LogP contribution >= 0.6 is 0 Å². The van der Waals surface area contributed by atoms with E-state index in [4.69, 9.17) is 0 Å². The van der Waals surface area contributed by atoms with Gasteiger partial charge in [-0.25, -0.2) is 0 Å². The van der Waals surface area contributed by atoms with E-state index in [9.17, 15) is 0 Å². The molecule has 100 valence electrons. The standard InChI is InChI=1S/C19H19N/c1-16-6-5-15-20(16)19-13-11-18(12-14-19)10-9-17-7-3-2-4-8-17/h2-4,7-8,11-14,16H,5-6,15H2,1H3. The average Bonchev–Trinajstić information content (AvgIpc) is 2.93. The van der Waals surface area contributed by atoms with Crippen molar-refractivity contribution >= 4 is 5.69 Å². The molecule has 1 unspecified atom stereocenters. The van der Waals surface area contributed by atoms with Crippen LogP contribution in [0.5, 0.6) is 0 Å². The highest BCUT2D eigenvalue weighted by atomic mass is 15.2. The fourth-order valence-electron chi connectivity index (χ4n) is 2.72. The summed E-state index contributed by atoms with van der Waals surface area (Å²) >= 11 is 0. The summed E-state index contributed by atoms with van der Waals surface area (Å²) in [6, 6.07) is 19.4. The molecule has 1 nitrogen and oxygen atoms in total. The van der Waals surface area contributed by atoms with Crippen LogP contribution in [0.15, 0.2) is 54.6 Å². The highest BCUT2D eigenvalue weighted by Gasteiger charge is 2.19. The summed E-state index contributed by atoms with van der Waals surface area (Å²) in [4.78, 5) is 2.48. The molecule has 2 aromatic carbocycles. The summed E-state index contributed by atoms with van der Waals surface area (Å²) in [6.45, 7) is 3.48. The fourth-order valence-corrected chi connectivity index (χ4v) is 2.72. The van der Waals surface area contributed by atoms with Crippen LogP contribution in [0.4, 0.5) is 5.69 Å². The maximum Gasteiger partial charge on any atom is 0.0369 e. The van der Waals surface area contributed by atoms with Crippen molar-refractivity contribution in [1.82, 2.24) is 0 Å². The molecule has 0 aromatic heterocycles. The molecule has 1 saturated heterocycles. The maximum absolute atomic E-state index is 3.22. The second-order valence-corrected chi connectivity index (χ2v) is 5.35. The number of hydrogen-bond donors (Lipinski definition) is 0. The smallest absolute Gasteiger partial charge is 0.0369 e. The summed E-state index contributed by atoms with van der Waals surface area (Å²) in [5.41, 5.74) is 3.45. The van der Waals surface area contributed by atoms with E-state index in [0.29, 0.717) is 6.04 Å². The molecule has 2 aromatic rings. The van der Waals surface area contributed by atoms with Crippen molar-refractivity contribution in [3.05, 3.63) is 65.7 Å². The second kappa shape index (κ2) is 5.84. The predicted molar refractivity (Wildman–Crippen MR) is 84.9 cm³/mol. The Balaban J connectivity index is 1.75. The number of rotatable bonds is 1. The molecule has 3 rings (SSSR count). The van der Waals surface area contributed by atoms with Crippen molar-refractivity contribution in [2.45, 2.75) is 25.8 Å². The SMILES string of the molecule is CC1CCCN1c1ccc(C#Cc2ccccc2)cc1. The molecule has 1 heterocycles. The van der Waals surface area contributed by atoms with Crippen molar-refractivity contribution in [3.63, 3.8) is 0 Å². The minimum atomic E-state index is 0.663. The lowest BCUT2D eigenvalue weighted by atomic mass is 10.1. The van der Waals surface area contributed by atoms with Gasteiger partial charge in [0, 0.05) is 29.4 Å². The van der Waals surface area contributed by atoms with Gasteiger partial charge in [0.05, 0.1) is 0 Å². The summed E-state index contributed by atoms with van der Waals surface area (Å²) in [7, 11) is 0. The molecule has 0 bridgehead atoms. The number of benzene rings is 2. The third-order valence-corrected chi connectivity index (χ3v) is 3.88. The number of hydrogen-bond acceptors (Lipinski definition) is 1. The Morgan fingerprint density at radius 2 is 1.55 bits per heavy atom. The zero-order valence-corrected chi connectivity index (χ0v) is 11.8. The number of anilines is 1. The summed E-state index contributed by atoms with van der Waals surface area (Å²) < 4.78 is 0. The molecule has 1 atom stereocenters. The molecule has 0 spiro atoms. The lowest BCUT2D eigenvalue weighted by Gasteiger charge is -2.23. The van der Waals surface area contributed by atoms with Crippen LogP contribution in [0, 0.1) is 11.8 Å². The van der Waals surface area contributed by atoms with Gasteiger partial charge in [-0.15, -0.1) is 0 Å². The molecular formula is C19H19N. The average molecular weight is 261 g/mol. The van der Waals surface area contributed by atoms with Crippen LogP contribution < -0.4 is 4.90 Å². The van der Waals surface area contributed by atoms with E-state index in [1.54, 1.807) is 0 Å². The molecule has 0 saturated carbocycles. The van der Waals surface area contributed by atoms with E-state index >= 15 is 0 Å². The molecule has 0 amide bonds. The molecule has 1 aliphatic heterocycles. The van der Waals surface area contributed by atoms with Gasteiger partial charge < -0.3 is 4.90 Å². The first-order chi connectivity index (χ1) is 9.83. The molecule has 1 heteroatoms. The second-order valence-electron chi connectivity index (χ2n) is 5.35. The van der Waals surface area contributed by atoms with E-state index in [2.05, 4.69) is 47.9 Å². The van der Waals surface area contributed by atoms with Crippen LogP contribution in [0.25, 0.3) is 0 Å². The van der Waals surface area contributed by atoms with Gasteiger partial charge in [-0.3, -0.25) is 0 Å². The molecule has 0 aliphatic carbocycles. The van der Waals surface area contributed by atoms with Gasteiger partial charge in [0.25, 0.3) is 0 Å². The van der Waals surface area contributed by atoms with Crippen LogP contribution in [0.3, 0.4) is 0 Å². The molecule has 20 heavy (non-hydrogen) atoms. The zero-order valence-electron chi connectivity index (χ0n) is 11.8. The summed E-state index contributed by atoms with van der Waals surface area (Å²) in [5.74, 6) is 6.42. The van der Waals surface area contributed by atoms with Crippen LogP contribution in [-0.2, 0) is 0 Å². The Morgan fingerprint density at radius 1 is 0.900 bits per heavy atom. The van der Waals surface area contributed by atoms with E-state index in [0.717, 1.165) is 11.1 Å². The topological polar surface area (TPSA) is 3.24 Å². The van der Waals surface area contributed by atoms with E-state index in [1.165, 1.54) is 25.1 Å². The first kappa shape index (κ1) is 12.8. The van der Waals surface area contributed by atoms with Gasteiger partial charge in [0.2, 0.25) is 0 Å². The minimum absolute atomic E-state index is 0.663. The molecule has 0 N–H and O–H groups in total. The van der Waals surface area contributed by atoms with Crippen molar-refractivity contribution in [1.29, 1.82) is 0 Å². The van der Waals surface area contributed by atoms with E-state index < -0.39 is 0 Å². The molecular weight excluding hydrogens is 242 g/mol. The zero-order chi connectivity index (χ0) is 13.8. The molecule has 0 radical (unpaired) electrons. The fraction of sp³-hybridized carbons (Fsp3) is 0.263. The highest BCUT2D eigenvalue weighted by Crippen LogP contribution is 2.25.